The molecule has 0 aliphatic rings. The SMILES string of the molecule is CC=O.COC.c1ccc2c(c1)cc(Oc1ccc3ccc4cccc5ccc1c3c45)c1ccccc12. The highest BCUT2D eigenvalue weighted by Gasteiger charge is 2.14. The fraction of sp³-hybridized carbons (Fsp3) is 0.0882. The fourth-order valence-corrected chi connectivity index (χ4v) is 5.02. The van der Waals surface area contributed by atoms with Crippen LogP contribution in [0.15, 0.2) is 109 Å². The average molecular weight is 485 g/mol. The Morgan fingerprint density at radius 2 is 1.03 bits per heavy atom. The molecule has 7 aromatic carbocycles. The first-order chi connectivity index (χ1) is 18.2. The molecule has 0 spiro atoms. The molecule has 0 aliphatic heterocycles. The van der Waals surface area contributed by atoms with Gasteiger partial charge in [-0.3, -0.25) is 0 Å². The minimum atomic E-state index is 0.750. The van der Waals surface area contributed by atoms with Crippen LogP contribution in [0.1, 0.15) is 6.92 Å². The van der Waals surface area contributed by atoms with Crippen molar-refractivity contribution < 1.29 is 14.3 Å². The molecule has 0 aliphatic carbocycles. The van der Waals surface area contributed by atoms with E-state index < -0.39 is 0 Å². The van der Waals surface area contributed by atoms with Gasteiger partial charge >= 0.3 is 0 Å². The van der Waals surface area contributed by atoms with Crippen LogP contribution in [-0.2, 0) is 9.53 Å². The third-order valence-electron chi connectivity index (χ3n) is 6.44. The molecule has 0 heterocycles. The highest BCUT2D eigenvalue weighted by atomic mass is 16.5. The molecular formula is C34H28O3. The van der Waals surface area contributed by atoms with Gasteiger partial charge in [0, 0.05) is 30.4 Å². The highest BCUT2D eigenvalue weighted by molar-refractivity contribution is 6.24. The maximum Gasteiger partial charge on any atom is 0.135 e. The molecule has 37 heavy (non-hydrogen) atoms. The summed E-state index contributed by atoms with van der Waals surface area (Å²) in [5.74, 6) is 1.79. The summed E-state index contributed by atoms with van der Waals surface area (Å²) in [4.78, 5) is 8.81. The largest absolute Gasteiger partial charge is 0.456 e. The molecule has 0 saturated carbocycles. The van der Waals surface area contributed by atoms with Crippen LogP contribution in [0.3, 0.4) is 0 Å². The van der Waals surface area contributed by atoms with Gasteiger partial charge in [-0.2, -0.15) is 0 Å². The molecule has 0 fully saturated rings. The third-order valence-corrected chi connectivity index (χ3v) is 6.44. The first-order valence-electron chi connectivity index (χ1n) is 12.2. The Labute approximate surface area is 216 Å². The molecule has 0 aromatic heterocycles. The second kappa shape index (κ2) is 10.7. The Kier molecular flexibility index (Phi) is 6.98. The molecule has 0 unspecified atom stereocenters. The first-order valence-corrected chi connectivity index (χ1v) is 12.2. The van der Waals surface area contributed by atoms with Gasteiger partial charge in [0.2, 0.25) is 0 Å². The number of carbonyl (C=O) groups is 1. The number of rotatable bonds is 2. The van der Waals surface area contributed by atoms with Gasteiger partial charge in [0.25, 0.3) is 0 Å². The number of hydrogen-bond donors (Lipinski definition) is 0. The van der Waals surface area contributed by atoms with E-state index in [4.69, 9.17) is 9.53 Å². The van der Waals surface area contributed by atoms with Gasteiger partial charge in [-0.1, -0.05) is 91.0 Å². The van der Waals surface area contributed by atoms with Gasteiger partial charge in [0.05, 0.1) is 0 Å². The number of benzene rings is 7. The van der Waals surface area contributed by atoms with E-state index in [2.05, 4.69) is 114 Å². The zero-order valence-corrected chi connectivity index (χ0v) is 21.2. The quantitative estimate of drug-likeness (QED) is 0.181. The molecule has 0 bridgehead atoms. The summed E-state index contributed by atoms with van der Waals surface area (Å²) in [5, 5.41) is 12.3. The van der Waals surface area contributed by atoms with Crippen molar-refractivity contribution in [2.75, 3.05) is 14.2 Å². The van der Waals surface area contributed by atoms with Crippen LogP contribution >= 0.6 is 0 Å². The fourth-order valence-electron chi connectivity index (χ4n) is 5.02. The van der Waals surface area contributed by atoms with E-state index in [1.807, 2.05) is 0 Å². The van der Waals surface area contributed by atoms with E-state index in [9.17, 15) is 0 Å². The van der Waals surface area contributed by atoms with Gasteiger partial charge < -0.3 is 14.3 Å². The number of fused-ring (bicyclic) bond motifs is 3. The predicted octanol–water partition coefficient (Wildman–Crippen LogP) is 9.15. The summed E-state index contributed by atoms with van der Waals surface area (Å²) in [5.41, 5.74) is 0. The monoisotopic (exact) mass is 484 g/mol. The van der Waals surface area contributed by atoms with E-state index >= 15 is 0 Å². The van der Waals surface area contributed by atoms with E-state index in [-0.39, 0.29) is 0 Å². The number of aldehydes is 1. The summed E-state index contributed by atoms with van der Waals surface area (Å²) in [6, 6.07) is 38.7. The topological polar surface area (TPSA) is 35.5 Å². The molecule has 0 N–H and O–H groups in total. The van der Waals surface area contributed by atoms with Crippen molar-refractivity contribution in [3.05, 3.63) is 109 Å². The second-order valence-electron chi connectivity index (χ2n) is 8.81. The van der Waals surface area contributed by atoms with Crippen molar-refractivity contribution >= 4 is 60.1 Å². The van der Waals surface area contributed by atoms with Gasteiger partial charge in [0.1, 0.15) is 17.8 Å². The third kappa shape index (κ3) is 4.46. The molecule has 0 radical (unpaired) electrons. The molecule has 0 atom stereocenters. The minimum Gasteiger partial charge on any atom is -0.456 e. The number of carbonyl (C=O) groups excluding carboxylic acids is 1. The lowest BCUT2D eigenvalue weighted by molar-refractivity contribution is -0.106. The number of hydrogen-bond acceptors (Lipinski definition) is 3. The van der Waals surface area contributed by atoms with E-state index in [0.29, 0.717) is 0 Å². The number of ether oxygens (including phenoxy) is 2. The normalized spacial score (nSPS) is 10.8. The zero-order chi connectivity index (χ0) is 25.8. The van der Waals surface area contributed by atoms with E-state index in [1.165, 1.54) is 50.0 Å². The average Bonchev–Trinajstić information content (AvgIpc) is 2.93. The Hall–Kier alpha value is -4.47. The van der Waals surface area contributed by atoms with Crippen LogP contribution in [0, 0.1) is 0 Å². The van der Waals surface area contributed by atoms with Crippen LogP contribution in [-0.4, -0.2) is 20.5 Å². The van der Waals surface area contributed by atoms with Crippen molar-refractivity contribution in [1.29, 1.82) is 0 Å². The van der Waals surface area contributed by atoms with Crippen molar-refractivity contribution in [2.24, 2.45) is 0 Å². The van der Waals surface area contributed by atoms with Crippen LogP contribution in [0.4, 0.5) is 0 Å². The molecule has 182 valence electrons. The molecular weight excluding hydrogens is 456 g/mol. The Balaban J connectivity index is 0.000000429. The lowest BCUT2D eigenvalue weighted by Gasteiger charge is -2.16. The second-order valence-corrected chi connectivity index (χ2v) is 8.81. The lowest BCUT2D eigenvalue weighted by Crippen LogP contribution is -1.90. The molecule has 7 aromatic rings. The standard InChI is InChI=1S/C30H18O.C2H6O.C2H4O/c1-2-9-23-22(6-1)18-28(25-11-4-3-10-24(23)25)31-27-17-15-21-13-12-19-7-5-8-20-14-16-26(27)30(21)29(19)20;1-3-2;1-2-3/h1-18H;1-2H3;2H,1H3. The van der Waals surface area contributed by atoms with Gasteiger partial charge in [-0.15, -0.1) is 0 Å². The van der Waals surface area contributed by atoms with Crippen LogP contribution in [0.2, 0.25) is 0 Å². The van der Waals surface area contributed by atoms with Crippen molar-refractivity contribution in [1.82, 2.24) is 0 Å². The minimum absolute atomic E-state index is 0.750. The number of methoxy groups -OCH3 is 1. The predicted molar refractivity (Wildman–Crippen MR) is 156 cm³/mol. The van der Waals surface area contributed by atoms with Crippen molar-refractivity contribution in [2.45, 2.75) is 6.92 Å². The molecule has 3 nitrogen and oxygen atoms in total. The van der Waals surface area contributed by atoms with Gasteiger partial charge in [-0.25, -0.2) is 0 Å². The smallest absolute Gasteiger partial charge is 0.135 e. The summed E-state index contributed by atoms with van der Waals surface area (Å²) >= 11 is 0. The van der Waals surface area contributed by atoms with E-state index in [0.717, 1.165) is 28.6 Å². The maximum atomic E-state index is 8.81. The van der Waals surface area contributed by atoms with Crippen molar-refractivity contribution in [3.63, 3.8) is 0 Å². The molecule has 0 saturated heterocycles. The Morgan fingerprint density at radius 1 is 0.514 bits per heavy atom. The Bertz CT molecular complexity index is 1820. The summed E-state index contributed by atoms with van der Waals surface area (Å²) < 4.78 is 10.9. The summed E-state index contributed by atoms with van der Waals surface area (Å²) in [6.45, 7) is 1.44. The van der Waals surface area contributed by atoms with E-state index in [1.54, 1.807) is 14.2 Å². The maximum absolute atomic E-state index is 8.81. The van der Waals surface area contributed by atoms with Gasteiger partial charge in [-0.05, 0) is 62.8 Å². The van der Waals surface area contributed by atoms with Gasteiger partial charge in [0.15, 0.2) is 0 Å². The van der Waals surface area contributed by atoms with Crippen LogP contribution in [0.25, 0.3) is 53.9 Å². The summed E-state index contributed by atoms with van der Waals surface area (Å²) in [6.07, 6.45) is 0.750. The molecule has 7 rings (SSSR count). The Morgan fingerprint density at radius 3 is 1.73 bits per heavy atom. The van der Waals surface area contributed by atoms with Crippen LogP contribution in [0.5, 0.6) is 11.5 Å². The zero-order valence-electron chi connectivity index (χ0n) is 21.2. The van der Waals surface area contributed by atoms with Crippen LogP contribution < -0.4 is 4.74 Å². The molecule has 3 heteroatoms. The summed E-state index contributed by atoms with van der Waals surface area (Å²) in [7, 11) is 3.25. The van der Waals surface area contributed by atoms with Crippen molar-refractivity contribution in [3.8, 4) is 11.5 Å². The molecule has 0 amide bonds. The lowest BCUT2D eigenvalue weighted by atomic mass is 9.94. The first kappa shape index (κ1) is 24.2. The highest BCUT2D eigenvalue weighted by Crippen LogP contribution is 2.42.